The Kier molecular flexibility index (Phi) is 5.73. The molecule has 0 bridgehead atoms. The van der Waals surface area contributed by atoms with Crippen LogP contribution in [0.1, 0.15) is 25.8 Å². The number of aliphatic hydroxyl groups excluding tert-OH is 1. The van der Waals surface area contributed by atoms with Crippen LogP contribution in [-0.4, -0.2) is 24.4 Å². The summed E-state index contributed by atoms with van der Waals surface area (Å²) in [5, 5.41) is 13.7. The highest BCUT2D eigenvalue weighted by Gasteiger charge is 2.21. The lowest BCUT2D eigenvalue weighted by Gasteiger charge is -2.27. The van der Waals surface area contributed by atoms with Crippen LogP contribution in [-0.2, 0) is 6.54 Å². The summed E-state index contributed by atoms with van der Waals surface area (Å²) in [6.07, 6.45) is 0.820. The van der Waals surface area contributed by atoms with Gasteiger partial charge < -0.3 is 15.2 Å². The summed E-state index contributed by atoms with van der Waals surface area (Å²) >= 11 is 12.0. The fourth-order valence-corrected chi connectivity index (χ4v) is 2.19. The molecule has 0 aliphatic rings. The smallest absolute Gasteiger partial charge is 0.142 e. The monoisotopic (exact) mass is 291 g/mol. The Bertz CT molecular complexity index is 406. The maximum atomic E-state index is 9.35. The van der Waals surface area contributed by atoms with Gasteiger partial charge in [-0.05, 0) is 25.5 Å². The first-order valence-electron chi connectivity index (χ1n) is 5.83. The van der Waals surface area contributed by atoms with Crippen molar-refractivity contribution in [3.8, 4) is 5.75 Å². The van der Waals surface area contributed by atoms with Gasteiger partial charge >= 0.3 is 0 Å². The van der Waals surface area contributed by atoms with Crippen molar-refractivity contribution < 1.29 is 9.84 Å². The third kappa shape index (κ3) is 3.75. The molecule has 1 aromatic rings. The van der Waals surface area contributed by atoms with E-state index in [1.807, 2.05) is 19.9 Å². The van der Waals surface area contributed by atoms with Crippen LogP contribution in [0.3, 0.4) is 0 Å². The number of benzene rings is 1. The molecule has 1 atom stereocenters. The molecule has 1 rings (SSSR count). The normalized spacial score (nSPS) is 14.3. The summed E-state index contributed by atoms with van der Waals surface area (Å²) in [7, 11) is 1.57. The Labute approximate surface area is 118 Å². The molecule has 1 unspecified atom stereocenters. The SMILES string of the molecule is CCC(C)(CO)NCc1cc(Cl)cc(Cl)c1OC. The first kappa shape index (κ1) is 15.6. The quantitative estimate of drug-likeness (QED) is 0.845. The van der Waals surface area contributed by atoms with Crippen LogP contribution in [0.2, 0.25) is 10.0 Å². The number of hydrogen-bond donors (Lipinski definition) is 2. The van der Waals surface area contributed by atoms with Gasteiger partial charge in [0, 0.05) is 22.7 Å². The molecule has 0 aliphatic carbocycles. The lowest BCUT2D eigenvalue weighted by atomic mass is 10.00. The topological polar surface area (TPSA) is 41.5 Å². The van der Waals surface area contributed by atoms with Crippen molar-refractivity contribution in [3.05, 3.63) is 27.7 Å². The lowest BCUT2D eigenvalue weighted by molar-refractivity contribution is 0.168. The van der Waals surface area contributed by atoms with Crippen molar-refractivity contribution in [1.82, 2.24) is 5.32 Å². The number of halogens is 2. The maximum Gasteiger partial charge on any atom is 0.142 e. The summed E-state index contributed by atoms with van der Waals surface area (Å²) in [4.78, 5) is 0. The Morgan fingerprint density at radius 1 is 1.39 bits per heavy atom. The van der Waals surface area contributed by atoms with Crippen LogP contribution in [0.15, 0.2) is 12.1 Å². The fraction of sp³-hybridized carbons (Fsp3) is 0.538. The first-order valence-corrected chi connectivity index (χ1v) is 6.59. The Hall–Kier alpha value is -0.480. The van der Waals surface area contributed by atoms with Gasteiger partial charge in [-0.1, -0.05) is 30.1 Å². The molecule has 0 amide bonds. The maximum absolute atomic E-state index is 9.35. The molecule has 0 aromatic heterocycles. The van der Waals surface area contributed by atoms with E-state index in [4.69, 9.17) is 27.9 Å². The van der Waals surface area contributed by atoms with Crippen LogP contribution in [0.4, 0.5) is 0 Å². The number of aliphatic hydroxyl groups is 1. The van der Waals surface area contributed by atoms with Crippen LogP contribution < -0.4 is 10.1 Å². The second kappa shape index (κ2) is 6.62. The highest BCUT2D eigenvalue weighted by atomic mass is 35.5. The summed E-state index contributed by atoms with van der Waals surface area (Å²) in [5.74, 6) is 0.616. The second-order valence-corrected chi connectivity index (χ2v) is 5.35. The number of hydrogen-bond acceptors (Lipinski definition) is 3. The zero-order chi connectivity index (χ0) is 13.8. The Balaban J connectivity index is 2.90. The zero-order valence-electron chi connectivity index (χ0n) is 10.9. The van der Waals surface area contributed by atoms with Crippen molar-refractivity contribution >= 4 is 23.2 Å². The molecule has 1 aromatic carbocycles. The summed E-state index contributed by atoms with van der Waals surface area (Å²) in [5.41, 5.74) is 0.558. The van der Waals surface area contributed by atoms with Crippen molar-refractivity contribution in [2.45, 2.75) is 32.4 Å². The molecular weight excluding hydrogens is 273 g/mol. The predicted molar refractivity (Wildman–Crippen MR) is 75.6 cm³/mol. The van der Waals surface area contributed by atoms with E-state index in [1.54, 1.807) is 13.2 Å². The van der Waals surface area contributed by atoms with Crippen molar-refractivity contribution in [1.29, 1.82) is 0 Å². The average Bonchev–Trinajstić information content (AvgIpc) is 2.35. The number of nitrogens with one attached hydrogen (secondary N) is 1. The zero-order valence-corrected chi connectivity index (χ0v) is 12.4. The summed E-state index contributed by atoms with van der Waals surface area (Å²) < 4.78 is 5.27. The molecule has 5 heteroatoms. The molecule has 18 heavy (non-hydrogen) atoms. The van der Waals surface area contributed by atoms with Gasteiger partial charge in [0.2, 0.25) is 0 Å². The average molecular weight is 292 g/mol. The van der Waals surface area contributed by atoms with Gasteiger partial charge in [-0.15, -0.1) is 0 Å². The van der Waals surface area contributed by atoms with E-state index in [1.165, 1.54) is 0 Å². The van der Waals surface area contributed by atoms with Crippen LogP contribution in [0, 0.1) is 0 Å². The Morgan fingerprint density at radius 2 is 2.06 bits per heavy atom. The van der Waals surface area contributed by atoms with E-state index < -0.39 is 0 Å². The van der Waals surface area contributed by atoms with Gasteiger partial charge in [0.05, 0.1) is 18.7 Å². The molecule has 0 aliphatic heterocycles. The van der Waals surface area contributed by atoms with Gasteiger partial charge in [0.15, 0.2) is 0 Å². The largest absolute Gasteiger partial charge is 0.495 e. The highest BCUT2D eigenvalue weighted by Crippen LogP contribution is 2.32. The number of ether oxygens (including phenoxy) is 1. The molecule has 2 N–H and O–H groups in total. The van der Waals surface area contributed by atoms with Crippen LogP contribution >= 0.6 is 23.2 Å². The third-order valence-electron chi connectivity index (χ3n) is 3.12. The minimum atomic E-state index is -0.320. The van der Waals surface area contributed by atoms with E-state index in [0.717, 1.165) is 12.0 Å². The van der Waals surface area contributed by atoms with E-state index in [9.17, 15) is 5.11 Å². The van der Waals surface area contributed by atoms with Gasteiger partial charge in [0.1, 0.15) is 5.75 Å². The van der Waals surface area contributed by atoms with E-state index in [2.05, 4.69) is 5.32 Å². The van der Waals surface area contributed by atoms with Crippen LogP contribution in [0.25, 0.3) is 0 Å². The molecule has 0 heterocycles. The first-order chi connectivity index (χ1) is 8.45. The lowest BCUT2D eigenvalue weighted by Crippen LogP contribution is -2.44. The van der Waals surface area contributed by atoms with Crippen molar-refractivity contribution in [2.75, 3.05) is 13.7 Å². The Morgan fingerprint density at radius 3 is 2.56 bits per heavy atom. The minimum absolute atomic E-state index is 0.0696. The standard InChI is InChI=1S/C13H19Cl2NO2/c1-4-13(2,8-17)16-7-9-5-10(14)6-11(15)12(9)18-3/h5-6,16-17H,4,7-8H2,1-3H3. The molecule has 0 fully saturated rings. The van der Waals surface area contributed by atoms with Gasteiger partial charge in [0.25, 0.3) is 0 Å². The van der Waals surface area contributed by atoms with Gasteiger partial charge in [-0.25, -0.2) is 0 Å². The molecule has 0 saturated carbocycles. The molecular formula is C13H19Cl2NO2. The second-order valence-electron chi connectivity index (χ2n) is 4.51. The summed E-state index contributed by atoms with van der Waals surface area (Å²) in [6.45, 7) is 4.59. The van der Waals surface area contributed by atoms with E-state index in [0.29, 0.717) is 22.3 Å². The molecule has 0 radical (unpaired) electrons. The van der Waals surface area contributed by atoms with Crippen molar-refractivity contribution in [2.24, 2.45) is 0 Å². The van der Waals surface area contributed by atoms with E-state index in [-0.39, 0.29) is 12.1 Å². The van der Waals surface area contributed by atoms with Crippen molar-refractivity contribution in [3.63, 3.8) is 0 Å². The van der Waals surface area contributed by atoms with Gasteiger partial charge in [-0.2, -0.15) is 0 Å². The number of rotatable bonds is 6. The number of methoxy groups -OCH3 is 1. The molecule has 0 saturated heterocycles. The molecule has 3 nitrogen and oxygen atoms in total. The van der Waals surface area contributed by atoms with Gasteiger partial charge in [-0.3, -0.25) is 0 Å². The minimum Gasteiger partial charge on any atom is -0.495 e. The third-order valence-corrected chi connectivity index (χ3v) is 3.62. The molecule has 102 valence electrons. The van der Waals surface area contributed by atoms with Crippen LogP contribution in [0.5, 0.6) is 5.75 Å². The van der Waals surface area contributed by atoms with E-state index >= 15 is 0 Å². The molecule has 0 spiro atoms. The highest BCUT2D eigenvalue weighted by molar-refractivity contribution is 6.35. The summed E-state index contributed by atoms with van der Waals surface area (Å²) in [6, 6.07) is 3.46. The fourth-order valence-electron chi connectivity index (χ4n) is 1.57. The predicted octanol–water partition coefficient (Wildman–Crippen LogP) is 3.25.